The summed E-state index contributed by atoms with van der Waals surface area (Å²) < 4.78 is 37.2. The number of hydrogen-bond donors (Lipinski definition) is 4. The highest BCUT2D eigenvalue weighted by molar-refractivity contribution is 5.96. The van der Waals surface area contributed by atoms with Crippen LogP contribution in [0.15, 0.2) is 11.6 Å². The number of ether oxygens (including phenoxy) is 6. The van der Waals surface area contributed by atoms with Crippen LogP contribution in [-0.2, 0) is 38.0 Å². The Balaban J connectivity index is 2.18. The van der Waals surface area contributed by atoms with Crippen molar-refractivity contribution in [2.24, 2.45) is 17.8 Å². The predicted octanol–water partition coefficient (Wildman–Crippen LogP) is 2.73. The number of allylic oxidation sites excluding steroid dienone is 1. The molecule has 13 nitrogen and oxygen atoms in total. The summed E-state index contributed by atoms with van der Waals surface area (Å²) in [6.45, 7) is 16.9. The van der Waals surface area contributed by atoms with Gasteiger partial charge in [-0.05, 0) is 93.5 Å². The zero-order valence-corrected chi connectivity index (χ0v) is 32.4. The summed E-state index contributed by atoms with van der Waals surface area (Å²) in [5, 5.41) is 46.1. The normalized spacial score (nSPS) is 47.4. The molecule has 0 aromatic rings. The van der Waals surface area contributed by atoms with E-state index in [0.29, 0.717) is 6.42 Å². The first kappa shape index (κ1) is 42.9. The van der Waals surface area contributed by atoms with Gasteiger partial charge in [0.15, 0.2) is 18.4 Å². The molecule has 0 saturated carbocycles. The largest absolute Gasteiger partial charge is 0.459 e. The number of Topliss-reactive ketones (excluding diaryl/α,β-unsaturated/α-hetero) is 1. The van der Waals surface area contributed by atoms with Gasteiger partial charge in [0, 0.05) is 31.4 Å². The number of aliphatic hydroxyl groups is 4. The third kappa shape index (κ3) is 9.52. The Kier molecular flexibility index (Phi) is 14.3. The van der Waals surface area contributed by atoms with Crippen LogP contribution in [0.4, 0.5) is 0 Å². The Morgan fingerprint density at radius 2 is 1.60 bits per heavy atom. The van der Waals surface area contributed by atoms with Gasteiger partial charge in [-0.15, -0.1) is 0 Å². The molecule has 50 heavy (non-hydrogen) atoms. The van der Waals surface area contributed by atoms with E-state index in [2.05, 4.69) is 0 Å². The molecule has 2 fully saturated rings. The quantitative estimate of drug-likeness (QED) is 0.284. The SMILES string of the molecule is CC[C@H]1OC(=O)[C@H](C)[C@@H](OC2C[C@@](C)(OC)[C@@H](O)[C@H](C)O2)[C@H](C)[C@@H](OC2O[C@H](C)C[C@H](N(C)C)[C@H]2O)[C@](C)(O)C[C@@H](C)C(=O)C(C)=C[C@]1(C)O. The maximum atomic E-state index is 14.0. The highest BCUT2D eigenvalue weighted by atomic mass is 16.7. The smallest absolute Gasteiger partial charge is 0.311 e. The first-order valence-corrected chi connectivity index (χ1v) is 18.1. The Bertz CT molecular complexity index is 1190. The van der Waals surface area contributed by atoms with E-state index in [1.807, 2.05) is 25.9 Å². The standard InChI is InChI=1S/C37H65NO12/c1-14-26-35(8,43)16-19(2)28(39)20(3)17-36(9,44)32(50-34-29(40)25(38(11)12)15-21(4)46-34)22(5)30(23(6)33(42)48-26)49-27-18-37(10,45-13)31(41)24(7)47-27/h16,20-27,29-32,34,40-41,43-44H,14-15,17-18H2,1-13H3/t20-,21-,22+,23-,24+,25+,26-,27?,29-,30+,31+,32-,34?,35+,36-,37-/m1/s1. The number of ketones is 1. The van der Waals surface area contributed by atoms with Crippen LogP contribution in [0.5, 0.6) is 0 Å². The van der Waals surface area contributed by atoms with Gasteiger partial charge in [-0.2, -0.15) is 0 Å². The monoisotopic (exact) mass is 715 g/mol. The van der Waals surface area contributed by atoms with E-state index in [-0.39, 0.29) is 42.8 Å². The van der Waals surface area contributed by atoms with E-state index < -0.39 is 89.7 Å². The van der Waals surface area contributed by atoms with Gasteiger partial charge in [0.1, 0.15) is 23.9 Å². The minimum atomic E-state index is -1.73. The molecule has 2 unspecified atom stereocenters. The number of nitrogens with zero attached hydrogens (tertiary/aromatic N) is 1. The van der Waals surface area contributed by atoms with E-state index in [4.69, 9.17) is 28.4 Å². The fraction of sp³-hybridized carbons (Fsp3) is 0.892. The summed E-state index contributed by atoms with van der Waals surface area (Å²) in [5.74, 6) is -3.48. The second kappa shape index (κ2) is 16.7. The Morgan fingerprint density at radius 1 is 0.980 bits per heavy atom. The molecule has 0 aromatic carbocycles. The number of methoxy groups -OCH3 is 1. The first-order valence-electron chi connectivity index (χ1n) is 18.1. The second-order valence-corrected chi connectivity index (χ2v) is 16.0. The van der Waals surface area contributed by atoms with Gasteiger partial charge in [-0.25, -0.2) is 0 Å². The average Bonchev–Trinajstić information content (AvgIpc) is 3.02. The van der Waals surface area contributed by atoms with Crippen molar-refractivity contribution < 1.29 is 58.4 Å². The lowest BCUT2D eigenvalue weighted by Crippen LogP contribution is -2.60. The fourth-order valence-electron chi connectivity index (χ4n) is 8.09. The highest BCUT2D eigenvalue weighted by Gasteiger charge is 2.52. The van der Waals surface area contributed by atoms with Crippen LogP contribution in [0.25, 0.3) is 0 Å². The molecule has 3 aliphatic heterocycles. The average molecular weight is 716 g/mol. The molecule has 0 radical (unpaired) electrons. The first-order chi connectivity index (χ1) is 23.0. The molecule has 0 amide bonds. The van der Waals surface area contributed by atoms with Crippen LogP contribution in [0.1, 0.15) is 94.9 Å². The molecule has 2 saturated heterocycles. The molecule has 3 heterocycles. The molecule has 0 aliphatic carbocycles. The third-order valence-electron chi connectivity index (χ3n) is 11.2. The van der Waals surface area contributed by atoms with E-state index in [1.165, 1.54) is 20.1 Å². The Labute approximate surface area is 298 Å². The molecule has 16 atom stereocenters. The summed E-state index contributed by atoms with van der Waals surface area (Å²) in [7, 11) is 5.22. The van der Waals surface area contributed by atoms with Crippen LogP contribution in [0.3, 0.4) is 0 Å². The van der Waals surface area contributed by atoms with E-state index in [0.717, 1.165) is 0 Å². The van der Waals surface area contributed by atoms with Crippen molar-refractivity contribution in [3.8, 4) is 0 Å². The van der Waals surface area contributed by atoms with Gasteiger partial charge in [0.2, 0.25) is 0 Å². The lowest BCUT2D eigenvalue weighted by atomic mass is 9.76. The zero-order valence-electron chi connectivity index (χ0n) is 32.4. The molecule has 4 N–H and O–H groups in total. The minimum Gasteiger partial charge on any atom is -0.459 e. The van der Waals surface area contributed by atoms with Crippen molar-refractivity contribution in [2.75, 3.05) is 21.2 Å². The summed E-state index contributed by atoms with van der Waals surface area (Å²) in [6.07, 6.45) is -5.98. The highest BCUT2D eigenvalue weighted by Crippen LogP contribution is 2.40. The maximum absolute atomic E-state index is 14.0. The predicted molar refractivity (Wildman–Crippen MR) is 185 cm³/mol. The summed E-state index contributed by atoms with van der Waals surface area (Å²) in [4.78, 5) is 29.6. The molecule has 0 spiro atoms. The number of rotatable bonds is 7. The van der Waals surface area contributed by atoms with Gasteiger partial charge in [0.25, 0.3) is 0 Å². The van der Waals surface area contributed by atoms with Crippen molar-refractivity contribution in [1.29, 1.82) is 0 Å². The molecular weight excluding hydrogens is 650 g/mol. The van der Waals surface area contributed by atoms with Crippen molar-refractivity contribution >= 4 is 11.8 Å². The number of esters is 1. The number of cyclic esters (lactones) is 1. The van der Waals surface area contributed by atoms with Crippen molar-refractivity contribution in [2.45, 2.75) is 173 Å². The maximum Gasteiger partial charge on any atom is 0.311 e. The van der Waals surface area contributed by atoms with E-state index in [9.17, 15) is 30.0 Å². The topological polar surface area (TPSA) is 174 Å². The molecule has 3 rings (SSSR count). The molecule has 0 bridgehead atoms. The molecule has 13 heteroatoms. The summed E-state index contributed by atoms with van der Waals surface area (Å²) in [5.41, 5.74) is -4.16. The van der Waals surface area contributed by atoms with Crippen LogP contribution in [-0.4, -0.2) is 136 Å². The Hall–Kier alpha value is -1.52. The second-order valence-electron chi connectivity index (χ2n) is 16.0. The molecule has 3 aliphatic rings. The van der Waals surface area contributed by atoms with E-state index in [1.54, 1.807) is 55.4 Å². The lowest BCUT2D eigenvalue weighted by molar-refractivity contribution is -0.317. The Morgan fingerprint density at radius 3 is 2.16 bits per heavy atom. The zero-order chi connectivity index (χ0) is 38.1. The van der Waals surface area contributed by atoms with Crippen molar-refractivity contribution in [3.63, 3.8) is 0 Å². The summed E-state index contributed by atoms with van der Waals surface area (Å²) in [6, 6.07) is -0.300. The van der Waals surface area contributed by atoms with E-state index >= 15 is 0 Å². The number of carbonyl (C=O) groups is 2. The van der Waals surface area contributed by atoms with Crippen LogP contribution in [0.2, 0.25) is 0 Å². The fourth-order valence-corrected chi connectivity index (χ4v) is 8.09. The number of likely N-dealkylation sites (N-methyl/N-ethyl adjacent to an activating group) is 1. The van der Waals surface area contributed by atoms with Crippen LogP contribution < -0.4 is 0 Å². The van der Waals surface area contributed by atoms with Crippen molar-refractivity contribution in [3.05, 3.63) is 11.6 Å². The summed E-state index contributed by atoms with van der Waals surface area (Å²) >= 11 is 0. The molecule has 0 aromatic heterocycles. The lowest BCUT2D eigenvalue weighted by Gasteiger charge is -2.48. The third-order valence-corrected chi connectivity index (χ3v) is 11.2. The van der Waals surface area contributed by atoms with Gasteiger partial charge in [0.05, 0.1) is 41.5 Å². The molecule has 290 valence electrons. The van der Waals surface area contributed by atoms with Crippen molar-refractivity contribution in [1.82, 2.24) is 4.90 Å². The minimum absolute atomic E-state index is 0.0582. The van der Waals surface area contributed by atoms with Gasteiger partial charge in [-0.3, -0.25) is 9.59 Å². The van der Waals surface area contributed by atoms with Crippen LogP contribution in [0, 0.1) is 17.8 Å². The molecular formula is C37H65NO12. The van der Waals surface area contributed by atoms with Gasteiger partial charge in [-0.1, -0.05) is 20.8 Å². The van der Waals surface area contributed by atoms with Crippen LogP contribution >= 0.6 is 0 Å². The number of aliphatic hydroxyl groups excluding tert-OH is 2. The number of hydrogen-bond acceptors (Lipinski definition) is 13. The number of carbonyl (C=O) groups excluding carboxylic acids is 2. The van der Waals surface area contributed by atoms with Gasteiger partial charge >= 0.3 is 5.97 Å². The van der Waals surface area contributed by atoms with Gasteiger partial charge < -0.3 is 53.7 Å².